The molecule has 2 aromatic carbocycles. The second-order valence-corrected chi connectivity index (χ2v) is 7.46. The highest BCUT2D eigenvalue weighted by Gasteiger charge is 2.16. The van der Waals surface area contributed by atoms with Crippen molar-refractivity contribution in [2.24, 2.45) is 0 Å². The van der Waals surface area contributed by atoms with E-state index in [1.165, 1.54) is 19.2 Å². The lowest BCUT2D eigenvalue weighted by Crippen LogP contribution is -2.33. The number of methoxy groups -OCH3 is 1. The summed E-state index contributed by atoms with van der Waals surface area (Å²) in [6.07, 6.45) is 0. The molecule has 7 nitrogen and oxygen atoms in total. The van der Waals surface area contributed by atoms with Crippen molar-refractivity contribution in [2.75, 3.05) is 19.0 Å². The number of aryl methyl sites for hydroxylation is 2. The molecule has 8 heteroatoms. The van der Waals surface area contributed by atoms with Crippen molar-refractivity contribution < 1.29 is 22.7 Å². The Hall–Kier alpha value is -2.71. The van der Waals surface area contributed by atoms with Crippen LogP contribution in [0.15, 0.2) is 47.4 Å². The summed E-state index contributed by atoms with van der Waals surface area (Å²) in [5, 5.41) is 2.53. The third-order valence-electron chi connectivity index (χ3n) is 3.78. The molecule has 0 atom stereocenters. The third-order valence-corrected chi connectivity index (χ3v) is 5.18. The molecule has 2 N–H and O–H groups in total. The van der Waals surface area contributed by atoms with E-state index in [0.29, 0.717) is 5.69 Å². The SMILES string of the molecule is COC(=O)c1cccc(NC(=O)CNS(=O)(=O)c2ccc(C)c(C)c2)c1. The lowest BCUT2D eigenvalue weighted by atomic mass is 10.1. The van der Waals surface area contributed by atoms with Crippen LogP contribution in [0.4, 0.5) is 5.69 Å². The first-order valence-electron chi connectivity index (χ1n) is 7.78. The number of carbonyl (C=O) groups excluding carboxylic acids is 2. The molecule has 0 saturated heterocycles. The number of nitrogens with one attached hydrogen (secondary N) is 2. The summed E-state index contributed by atoms with van der Waals surface area (Å²) >= 11 is 0. The summed E-state index contributed by atoms with van der Waals surface area (Å²) in [6, 6.07) is 10.9. The molecule has 0 heterocycles. The Labute approximate surface area is 152 Å². The number of sulfonamides is 1. The number of carbonyl (C=O) groups is 2. The minimum absolute atomic E-state index is 0.0982. The molecule has 2 rings (SSSR count). The van der Waals surface area contributed by atoms with E-state index in [1.807, 2.05) is 13.8 Å². The van der Waals surface area contributed by atoms with Crippen molar-refractivity contribution in [1.82, 2.24) is 4.72 Å². The van der Waals surface area contributed by atoms with E-state index in [4.69, 9.17) is 0 Å². The zero-order valence-corrected chi connectivity index (χ0v) is 15.5. The van der Waals surface area contributed by atoms with Crippen molar-refractivity contribution in [3.05, 3.63) is 59.2 Å². The second-order valence-electron chi connectivity index (χ2n) is 5.69. The van der Waals surface area contributed by atoms with Crippen LogP contribution in [0.5, 0.6) is 0 Å². The number of hydrogen-bond donors (Lipinski definition) is 2. The molecule has 0 aromatic heterocycles. The Morgan fingerprint density at radius 2 is 1.77 bits per heavy atom. The number of amides is 1. The van der Waals surface area contributed by atoms with E-state index >= 15 is 0 Å². The molecule has 26 heavy (non-hydrogen) atoms. The lowest BCUT2D eigenvalue weighted by Gasteiger charge is -2.10. The van der Waals surface area contributed by atoms with Gasteiger partial charge in [0.15, 0.2) is 0 Å². The van der Waals surface area contributed by atoms with Gasteiger partial charge < -0.3 is 10.1 Å². The van der Waals surface area contributed by atoms with E-state index in [-0.39, 0.29) is 10.5 Å². The van der Waals surface area contributed by atoms with Crippen LogP contribution in [-0.2, 0) is 19.6 Å². The van der Waals surface area contributed by atoms with E-state index < -0.39 is 28.4 Å². The largest absolute Gasteiger partial charge is 0.465 e. The molecular formula is C18H20N2O5S. The topological polar surface area (TPSA) is 102 Å². The van der Waals surface area contributed by atoms with E-state index in [0.717, 1.165) is 11.1 Å². The van der Waals surface area contributed by atoms with Crippen LogP contribution in [0.25, 0.3) is 0 Å². The summed E-state index contributed by atoms with van der Waals surface area (Å²) in [6.45, 7) is 3.27. The average Bonchev–Trinajstić information content (AvgIpc) is 2.62. The van der Waals surface area contributed by atoms with E-state index in [9.17, 15) is 18.0 Å². The molecule has 0 unspecified atom stereocenters. The van der Waals surface area contributed by atoms with Gasteiger partial charge in [-0.2, -0.15) is 0 Å². The second kappa shape index (κ2) is 8.11. The lowest BCUT2D eigenvalue weighted by molar-refractivity contribution is -0.115. The maximum Gasteiger partial charge on any atom is 0.337 e. The van der Waals surface area contributed by atoms with Crippen molar-refractivity contribution >= 4 is 27.6 Å². The van der Waals surface area contributed by atoms with Crippen LogP contribution in [0.2, 0.25) is 0 Å². The van der Waals surface area contributed by atoms with Crippen molar-refractivity contribution in [3.8, 4) is 0 Å². The Balaban J connectivity index is 2.02. The number of esters is 1. The Morgan fingerprint density at radius 1 is 1.04 bits per heavy atom. The summed E-state index contributed by atoms with van der Waals surface area (Å²) < 4.78 is 31.4. The fraction of sp³-hybridized carbons (Fsp3) is 0.222. The number of benzene rings is 2. The monoisotopic (exact) mass is 376 g/mol. The predicted octanol–water partition coefficient (Wildman–Crippen LogP) is 2.01. The van der Waals surface area contributed by atoms with Gasteiger partial charge in [0.25, 0.3) is 0 Å². The van der Waals surface area contributed by atoms with Crippen molar-refractivity contribution in [2.45, 2.75) is 18.7 Å². The summed E-state index contributed by atoms with van der Waals surface area (Å²) in [5.41, 5.74) is 2.47. The summed E-state index contributed by atoms with van der Waals surface area (Å²) in [7, 11) is -2.54. The molecule has 0 aliphatic carbocycles. The molecule has 1 amide bonds. The highest BCUT2D eigenvalue weighted by molar-refractivity contribution is 7.89. The van der Waals surface area contributed by atoms with Crippen LogP contribution < -0.4 is 10.0 Å². The number of hydrogen-bond acceptors (Lipinski definition) is 5. The summed E-state index contributed by atoms with van der Waals surface area (Å²) in [5.74, 6) is -1.09. The molecule has 0 saturated carbocycles. The molecule has 0 fully saturated rings. The molecule has 0 aliphatic heterocycles. The smallest absolute Gasteiger partial charge is 0.337 e. The fourth-order valence-electron chi connectivity index (χ4n) is 2.17. The van der Waals surface area contributed by atoms with Gasteiger partial charge in [-0.1, -0.05) is 12.1 Å². The Morgan fingerprint density at radius 3 is 2.42 bits per heavy atom. The van der Waals surface area contributed by atoms with Crippen LogP contribution >= 0.6 is 0 Å². The molecule has 0 bridgehead atoms. The number of anilines is 1. The quantitative estimate of drug-likeness (QED) is 0.751. The van der Waals surface area contributed by atoms with Gasteiger partial charge in [-0.25, -0.2) is 17.9 Å². The third kappa shape index (κ3) is 4.90. The van der Waals surface area contributed by atoms with E-state index in [1.54, 1.807) is 30.3 Å². The van der Waals surface area contributed by atoms with Crippen LogP contribution in [-0.4, -0.2) is 33.9 Å². The highest BCUT2D eigenvalue weighted by Crippen LogP contribution is 2.15. The van der Waals surface area contributed by atoms with Crippen LogP contribution in [0.3, 0.4) is 0 Å². The van der Waals surface area contributed by atoms with Crippen LogP contribution in [0, 0.1) is 13.8 Å². The van der Waals surface area contributed by atoms with E-state index in [2.05, 4.69) is 14.8 Å². The molecule has 0 spiro atoms. The van der Waals surface area contributed by atoms with Gasteiger partial charge >= 0.3 is 5.97 Å². The molecular weight excluding hydrogens is 356 g/mol. The standard InChI is InChI=1S/C18H20N2O5S/c1-12-7-8-16(9-13(12)2)26(23,24)19-11-17(21)20-15-6-4-5-14(10-15)18(22)25-3/h4-10,19H,11H2,1-3H3,(H,20,21). The molecule has 0 radical (unpaired) electrons. The summed E-state index contributed by atoms with van der Waals surface area (Å²) in [4.78, 5) is 23.6. The maximum atomic E-state index is 12.3. The zero-order valence-electron chi connectivity index (χ0n) is 14.7. The predicted molar refractivity (Wildman–Crippen MR) is 97.5 cm³/mol. The first-order chi connectivity index (χ1) is 12.2. The number of ether oxygens (including phenoxy) is 1. The highest BCUT2D eigenvalue weighted by atomic mass is 32.2. The normalized spacial score (nSPS) is 11.0. The maximum absolute atomic E-state index is 12.3. The van der Waals surface area contributed by atoms with Crippen LogP contribution in [0.1, 0.15) is 21.5 Å². The van der Waals surface area contributed by atoms with Gasteiger partial charge in [0.2, 0.25) is 15.9 Å². The Bertz CT molecular complexity index is 938. The minimum atomic E-state index is -3.80. The van der Waals surface area contributed by atoms with Gasteiger partial charge in [-0.15, -0.1) is 0 Å². The fourth-order valence-corrected chi connectivity index (χ4v) is 3.24. The Kier molecular flexibility index (Phi) is 6.12. The van der Waals surface area contributed by atoms with Gasteiger partial charge in [-0.3, -0.25) is 4.79 Å². The first-order valence-corrected chi connectivity index (χ1v) is 9.26. The van der Waals surface area contributed by atoms with Gasteiger partial charge in [-0.05, 0) is 55.3 Å². The van der Waals surface area contributed by atoms with Crippen molar-refractivity contribution in [1.29, 1.82) is 0 Å². The zero-order chi connectivity index (χ0) is 19.3. The number of rotatable bonds is 6. The average molecular weight is 376 g/mol. The van der Waals surface area contributed by atoms with Gasteiger partial charge in [0.1, 0.15) is 0 Å². The molecule has 138 valence electrons. The minimum Gasteiger partial charge on any atom is -0.465 e. The van der Waals surface area contributed by atoms with Gasteiger partial charge in [0.05, 0.1) is 24.1 Å². The molecule has 2 aromatic rings. The first kappa shape index (κ1) is 19.6. The van der Waals surface area contributed by atoms with Gasteiger partial charge in [0, 0.05) is 5.69 Å². The van der Waals surface area contributed by atoms with Crippen molar-refractivity contribution in [3.63, 3.8) is 0 Å². The molecule has 0 aliphatic rings.